The maximum atomic E-state index is 12.0. The van der Waals surface area contributed by atoms with Crippen molar-refractivity contribution < 1.29 is 4.79 Å². The van der Waals surface area contributed by atoms with Crippen molar-refractivity contribution in [2.75, 3.05) is 29.9 Å². The highest BCUT2D eigenvalue weighted by molar-refractivity contribution is 5.86. The van der Waals surface area contributed by atoms with E-state index in [1.807, 2.05) is 27.7 Å². The molecule has 0 radical (unpaired) electrons. The average Bonchev–Trinajstić information content (AvgIpc) is 2.42. The number of amides is 1. The molecule has 110 valence electrons. The first kappa shape index (κ1) is 14.6. The van der Waals surface area contributed by atoms with Gasteiger partial charge in [0.25, 0.3) is 0 Å². The van der Waals surface area contributed by atoms with Crippen LogP contribution in [0.1, 0.15) is 31.7 Å². The smallest absolute Gasteiger partial charge is 0.242 e. The van der Waals surface area contributed by atoms with E-state index in [1.54, 1.807) is 0 Å². The highest BCUT2D eigenvalue weighted by Crippen LogP contribution is 2.26. The van der Waals surface area contributed by atoms with E-state index < -0.39 is 0 Å². The molecule has 0 bridgehead atoms. The number of rotatable bonds is 4. The van der Waals surface area contributed by atoms with Gasteiger partial charge in [0.2, 0.25) is 5.91 Å². The van der Waals surface area contributed by atoms with Gasteiger partial charge in [-0.3, -0.25) is 4.79 Å². The molecule has 0 spiro atoms. The standard InChI is InChI=1S/C14H23N5O/c1-5-11-14(20)16-7-8-19(11)13-9(3)12(15-6-2)17-10(4)18-13/h11H,5-8H2,1-4H3,(H,16,20)(H,15,17,18). The Balaban J connectivity index is 2.42. The maximum absolute atomic E-state index is 12.0. The number of anilines is 2. The Morgan fingerprint density at radius 3 is 2.75 bits per heavy atom. The molecule has 1 aromatic heterocycles. The maximum Gasteiger partial charge on any atom is 0.242 e. The third-order valence-electron chi connectivity index (χ3n) is 3.57. The van der Waals surface area contributed by atoms with Gasteiger partial charge in [-0.15, -0.1) is 0 Å². The molecule has 2 rings (SSSR count). The first-order valence-electron chi connectivity index (χ1n) is 7.21. The zero-order valence-corrected chi connectivity index (χ0v) is 12.7. The van der Waals surface area contributed by atoms with Crippen LogP contribution in [0.5, 0.6) is 0 Å². The fraction of sp³-hybridized carbons (Fsp3) is 0.643. The predicted molar refractivity (Wildman–Crippen MR) is 80.1 cm³/mol. The number of nitrogens with zero attached hydrogens (tertiary/aromatic N) is 3. The van der Waals surface area contributed by atoms with Crippen LogP contribution in [0.25, 0.3) is 0 Å². The second-order valence-corrected chi connectivity index (χ2v) is 5.01. The van der Waals surface area contributed by atoms with Crippen LogP contribution in [0.2, 0.25) is 0 Å². The van der Waals surface area contributed by atoms with Crippen LogP contribution < -0.4 is 15.5 Å². The normalized spacial score (nSPS) is 18.9. The summed E-state index contributed by atoms with van der Waals surface area (Å²) < 4.78 is 0. The second kappa shape index (κ2) is 6.07. The summed E-state index contributed by atoms with van der Waals surface area (Å²) in [5.74, 6) is 2.53. The fourth-order valence-electron chi connectivity index (χ4n) is 2.61. The van der Waals surface area contributed by atoms with Gasteiger partial charge in [0.05, 0.1) is 0 Å². The van der Waals surface area contributed by atoms with Gasteiger partial charge in [0.1, 0.15) is 23.5 Å². The molecule has 2 N–H and O–H groups in total. The minimum absolute atomic E-state index is 0.0828. The van der Waals surface area contributed by atoms with E-state index in [2.05, 4.69) is 25.5 Å². The molecule has 1 saturated heterocycles. The summed E-state index contributed by atoms with van der Waals surface area (Å²) in [4.78, 5) is 23.1. The number of piperazine rings is 1. The molecule has 20 heavy (non-hydrogen) atoms. The largest absolute Gasteiger partial charge is 0.370 e. The Kier molecular flexibility index (Phi) is 4.42. The van der Waals surface area contributed by atoms with Crippen molar-refractivity contribution in [3.8, 4) is 0 Å². The van der Waals surface area contributed by atoms with Crippen LogP contribution in [0.3, 0.4) is 0 Å². The van der Waals surface area contributed by atoms with Gasteiger partial charge in [0, 0.05) is 25.2 Å². The van der Waals surface area contributed by atoms with E-state index in [1.165, 1.54) is 0 Å². The molecule has 6 nitrogen and oxygen atoms in total. The number of aromatic nitrogens is 2. The van der Waals surface area contributed by atoms with E-state index in [0.29, 0.717) is 6.54 Å². The van der Waals surface area contributed by atoms with Gasteiger partial charge in [-0.25, -0.2) is 9.97 Å². The lowest BCUT2D eigenvalue weighted by Gasteiger charge is -2.36. The van der Waals surface area contributed by atoms with E-state index in [-0.39, 0.29) is 11.9 Å². The Morgan fingerprint density at radius 1 is 1.35 bits per heavy atom. The van der Waals surface area contributed by atoms with Gasteiger partial charge >= 0.3 is 0 Å². The molecule has 0 aromatic carbocycles. The highest BCUT2D eigenvalue weighted by Gasteiger charge is 2.30. The summed E-state index contributed by atoms with van der Waals surface area (Å²) in [6.45, 7) is 10.2. The van der Waals surface area contributed by atoms with E-state index >= 15 is 0 Å². The van der Waals surface area contributed by atoms with Crippen LogP contribution in [-0.4, -0.2) is 41.6 Å². The number of aryl methyl sites for hydroxylation is 1. The number of nitrogens with one attached hydrogen (secondary N) is 2. The minimum Gasteiger partial charge on any atom is -0.370 e. The van der Waals surface area contributed by atoms with Crippen molar-refractivity contribution in [3.63, 3.8) is 0 Å². The lowest BCUT2D eigenvalue weighted by Crippen LogP contribution is -2.55. The topological polar surface area (TPSA) is 70.2 Å². The average molecular weight is 277 g/mol. The van der Waals surface area contributed by atoms with Crippen molar-refractivity contribution in [2.24, 2.45) is 0 Å². The third kappa shape index (κ3) is 2.69. The fourth-order valence-corrected chi connectivity index (χ4v) is 2.61. The van der Waals surface area contributed by atoms with Gasteiger partial charge < -0.3 is 15.5 Å². The van der Waals surface area contributed by atoms with Crippen LogP contribution >= 0.6 is 0 Å². The van der Waals surface area contributed by atoms with Crippen molar-refractivity contribution in [2.45, 2.75) is 40.2 Å². The summed E-state index contributed by atoms with van der Waals surface area (Å²) >= 11 is 0. The predicted octanol–water partition coefficient (Wildman–Crippen LogP) is 1.24. The van der Waals surface area contributed by atoms with Crippen LogP contribution in [0, 0.1) is 13.8 Å². The van der Waals surface area contributed by atoms with Gasteiger partial charge in [-0.2, -0.15) is 0 Å². The van der Waals surface area contributed by atoms with Crippen molar-refractivity contribution in [1.82, 2.24) is 15.3 Å². The molecule has 2 heterocycles. The molecule has 1 atom stereocenters. The Morgan fingerprint density at radius 2 is 2.10 bits per heavy atom. The summed E-state index contributed by atoms with van der Waals surface area (Å²) in [7, 11) is 0. The van der Waals surface area contributed by atoms with Crippen LogP contribution in [0.15, 0.2) is 0 Å². The molecule has 1 aliphatic heterocycles. The molecule has 0 saturated carbocycles. The zero-order chi connectivity index (χ0) is 14.7. The Bertz CT molecular complexity index is 503. The summed E-state index contributed by atoms with van der Waals surface area (Å²) in [6, 6.07) is -0.147. The highest BCUT2D eigenvalue weighted by atomic mass is 16.2. The molecular formula is C14H23N5O. The summed E-state index contributed by atoms with van der Waals surface area (Å²) in [6.07, 6.45) is 0.769. The van der Waals surface area contributed by atoms with E-state index in [4.69, 9.17) is 0 Å². The monoisotopic (exact) mass is 277 g/mol. The Labute approximate surface area is 120 Å². The van der Waals surface area contributed by atoms with Crippen molar-refractivity contribution in [3.05, 3.63) is 11.4 Å². The van der Waals surface area contributed by atoms with Gasteiger partial charge in [-0.05, 0) is 27.2 Å². The third-order valence-corrected chi connectivity index (χ3v) is 3.57. The molecule has 1 unspecified atom stereocenters. The molecular weight excluding hydrogens is 254 g/mol. The number of hydrogen-bond donors (Lipinski definition) is 2. The molecule has 1 aliphatic rings. The molecule has 1 fully saturated rings. The molecule has 0 aliphatic carbocycles. The zero-order valence-electron chi connectivity index (χ0n) is 12.7. The lowest BCUT2D eigenvalue weighted by molar-refractivity contribution is -0.123. The lowest BCUT2D eigenvalue weighted by atomic mass is 10.1. The number of hydrogen-bond acceptors (Lipinski definition) is 5. The Hall–Kier alpha value is -1.85. The molecule has 1 aromatic rings. The quantitative estimate of drug-likeness (QED) is 0.866. The molecule has 6 heteroatoms. The minimum atomic E-state index is -0.147. The SMILES string of the molecule is CCNc1nc(C)nc(N2CCNC(=O)C2CC)c1C. The first-order chi connectivity index (χ1) is 9.58. The van der Waals surface area contributed by atoms with Gasteiger partial charge in [0.15, 0.2) is 0 Å². The van der Waals surface area contributed by atoms with Crippen molar-refractivity contribution >= 4 is 17.5 Å². The summed E-state index contributed by atoms with van der Waals surface area (Å²) in [5.41, 5.74) is 1.01. The van der Waals surface area contributed by atoms with Crippen molar-refractivity contribution in [1.29, 1.82) is 0 Å². The van der Waals surface area contributed by atoms with Gasteiger partial charge in [-0.1, -0.05) is 6.92 Å². The second-order valence-electron chi connectivity index (χ2n) is 5.01. The number of carbonyl (C=O) groups excluding carboxylic acids is 1. The molecule has 1 amide bonds. The summed E-state index contributed by atoms with van der Waals surface area (Å²) in [5, 5.41) is 6.18. The first-order valence-corrected chi connectivity index (χ1v) is 7.21. The number of carbonyl (C=O) groups is 1. The van der Waals surface area contributed by atoms with E-state index in [9.17, 15) is 4.79 Å². The van der Waals surface area contributed by atoms with Crippen LogP contribution in [-0.2, 0) is 4.79 Å². The van der Waals surface area contributed by atoms with E-state index in [0.717, 1.165) is 42.5 Å². The van der Waals surface area contributed by atoms with Crippen LogP contribution in [0.4, 0.5) is 11.6 Å².